The fourth-order valence-electron chi connectivity index (χ4n) is 3.31. The summed E-state index contributed by atoms with van der Waals surface area (Å²) in [4.78, 5) is 39.3. The average Bonchev–Trinajstić information content (AvgIpc) is 2.97. The number of aromatic nitrogens is 2. The molecule has 0 spiro atoms. The van der Waals surface area contributed by atoms with Crippen LogP contribution < -0.4 is 20.1 Å². The van der Waals surface area contributed by atoms with Crippen LogP contribution in [-0.2, 0) is 6.61 Å². The van der Waals surface area contributed by atoms with Crippen LogP contribution >= 0.6 is 0 Å². The van der Waals surface area contributed by atoms with E-state index >= 15 is 0 Å². The van der Waals surface area contributed by atoms with Crippen LogP contribution in [-0.4, -0.2) is 45.3 Å². The van der Waals surface area contributed by atoms with E-state index in [9.17, 15) is 25.0 Å². The molecule has 2 heterocycles. The van der Waals surface area contributed by atoms with Gasteiger partial charge >= 0.3 is 0 Å². The molecule has 0 aliphatic rings. The van der Waals surface area contributed by atoms with Gasteiger partial charge in [-0.15, -0.1) is 0 Å². The van der Waals surface area contributed by atoms with Gasteiger partial charge in [0.25, 0.3) is 11.4 Å². The lowest BCUT2D eigenvalue weighted by Gasteiger charge is -2.08. The maximum atomic E-state index is 11.0. The van der Waals surface area contributed by atoms with Crippen LogP contribution in [0.25, 0.3) is 0 Å². The molecule has 0 fully saturated rings. The fraction of sp³-hybridized carbons (Fsp3) is 0.115. The Labute approximate surface area is 227 Å². The van der Waals surface area contributed by atoms with Crippen molar-refractivity contribution in [3.63, 3.8) is 0 Å². The molecule has 4 aromatic rings. The molecule has 0 saturated carbocycles. The summed E-state index contributed by atoms with van der Waals surface area (Å²) in [7, 11) is 3.21. The van der Waals surface area contributed by atoms with Crippen LogP contribution in [0, 0.1) is 20.2 Å². The second-order valence-corrected chi connectivity index (χ2v) is 7.75. The summed E-state index contributed by atoms with van der Waals surface area (Å²) in [5, 5.41) is 36.4. The number of benzene rings is 2. The Morgan fingerprint density at radius 2 is 1.25 bits per heavy atom. The van der Waals surface area contributed by atoms with Crippen LogP contribution in [0.15, 0.2) is 73.1 Å². The number of hydrogen-bond acceptors (Lipinski definition) is 12. The maximum Gasteiger partial charge on any atom is 0.296 e. The van der Waals surface area contributed by atoms with Gasteiger partial charge in [-0.3, -0.25) is 35.0 Å². The van der Waals surface area contributed by atoms with Crippen molar-refractivity contribution in [1.82, 2.24) is 9.97 Å². The summed E-state index contributed by atoms with van der Waals surface area (Å²) in [5.41, 5.74) is 1.34. The molecule has 0 saturated heterocycles. The molecule has 2 aromatic carbocycles. The minimum atomic E-state index is -0.498. The molecule has 40 heavy (non-hydrogen) atoms. The summed E-state index contributed by atoms with van der Waals surface area (Å²) >= 11 is 0. The van der Waals surface area contributed by atoms with E-state index < -0.39 is 9.85 Å². The Hall–Kier alpha value is -5.63. The molecule has 0 bridgehead atoms. The smallest absolute Gasteiger partial charge is 0.296 e. The predicted octanol–water partition coefficient (Wildman–Crippen LogP) is 4.95. The molecule has 3 N–H and O–H groups in total. The number of ether oxygens (including phenoxy) is 2. The second-order valence-electron chi connectivity index (χ2n) is 7.75. The highest BCUT2D eigenvalue weighted by molar-refractivity contribution is 5.72. The number of nitrogens with one attached hydrogen (secondary N) is 2. The van der Waals surface area contributed by atoms with Gasteiger partial charge in [0, 0.05) is 38.6 Å². The van der Waals surface area contributed by atoms with E-state index in [2.05, 4.69) is 20.6 Å². The topological polar surface area (TPSA) is 192 Å². The van der Waals surface area contributed by atoms with Gasteiger partial charge < -0.3 is 25.2 Å². The average molecular weight is 549 g/mol. The molecule has 0 aliphatic heterocycles. The fourth-order valence-corrected chi connectivity index (χ4v) is 3.31. The molecule has 4 rings (SSSR count). The third kappa shape index (κ3) is 7.69. The largest absolute Gasteiger partial charge is 0.457 e. The first-order valence-electron chi connectivity index (χ1n) is 11.5. The molecule has 0 unspecified atom stereocenters. The minimum absolute atomic E-state index is 0.0681. The molecule has 0 aliphatic carbocycles. The lowest BCUT2D eigenvalue weighted by molar-refractivity contribution is -0.384. The van der Waals surface area contributed by atoms with Crippen molar-refractivity contribution in [2.45, 2.75) is 6.61 Å². The van der Waals surface area contributed by atoms with Crippen LogP contribution in [0.2, 0.25) is 0 Å². The first kappa shape index (κ1) is 28.9. The van der Waals surface area contributed by atoms with Crippen LogP contribution in [0.4, 0.5) is 22.7 Å². The lowest BCUT2D eigenvalue weighted by atomic mass is 10.2. The molecule has 0 atom stereocenters. The van der Waals surface area contributed by atoms with E-state index in [-0.39, 0.29) is 23.7 Å². The molecular formula is C26H24N6O8. The Morgan fingerprint density at radius 3 is 1.70 bits per heavy atom. The van der Waals surface area contributed by atoms with Crippen LogP contribution in [0.5, 0.6) is 23.0 Å². The van der Waals surface area contributed by atoms with Crippen molar-refractivity contribution >= 4 is 29.0 Å². The summed E-state index contributed by atoms with van der Waals surface area (Å²) in [6.45, 7) is -0.198. The Kier molecular flexibility index (Phi) is 9.97. The van der Waals surface area contributed by atoms with Gasteiger partial charge in [0.2, 0.25) is 0 Å². The van der Waals surface area contributed by atoms with Crippen molar-refractivity contribution in [1.29, 1.82) is 0 Å². The summed E-state index contributed by atoms with van der Waals surface area (Å²) < 4.78 is 11.0. The van der Waals surface area contributed by atoms with E-state index in [0.717, 1.165) is 0 Å². The molecule has 14 heteroatoms. The summed E-state index contributed by atoms with van der Waals surface area (Å²) in [6.07, 6.45) is 3.52. The monoisotopic (exact) mass is 548 g/mol. The maximum absolute atomic E-state index is 11.0. The summed E-state index contributed by atoms with van der Waals surface area (Å²) in [6, 6.07) is 15.2. The highest BCUT2D eigenvalue weighted by Gasteiger charge is 2.15. The SMILES string of the molecule is CNc1ccc(Oc2ccnc(C=O)c2)cc1[N+](=O)[O-].CNc1ccc(Oc2ccnc(CO)c2)cc1[N+](=O)[O-]. The van der Waals surface area contributed by atoms with Gasteiger partial charge in [-0.25, -0.2) is 0 Å². The summed E-state index contributed by atoms with van der Waals surface area (Å²) in [5.74, 6) is 1.48. The number of nitro groups is 2. The number of nitrogens with zero attached hydrogens (tertiary/aromatic N) is 4. The zero-order valence-electron chi connectivity index (χ0n) is 21.3. The van der Waals surface area contributed by atoms with E-state index in [4.69, 9.17) is 14.6 Å². The minimum Gasteiger partial charge on any atom is -0.457 e. The molecule has 0 radical (unpaired) electrons. The number of anilines is 2. The quantitative estimate of drug-likeness (QED) is 0.137. The molecule has 206 valence electrons. The lowest BCUT2D eigenvalue weighted by Crippen LogP contribution is -1.97. The van der Waals surface area contributed by atoms with Crippen molar-refractivity contribution < 1.29 is 29.2 Å². The van der Waals surface area contributed by atoms with Gasteiger partial charge in [0.1, 0.15) is 40.1 Å². The number of carbonyl (C=O) groups excluding carboxylic acids is 1. The zero-order valence-corrected chi connectivity index (χ0v) is 21.3. The van der Waals surface area contributed by atoms with Crippen molar-refractivity contribution in [2.75, 3.05) is 24.7 Å². The molecule has 14 nitrogen and oxygen atoms in total. The third-order valence-electron chi connectivity index (χ3n) is 5.17. The number of pyridine rings is 2. The third-order valence-corrected chi connectivity index (χ3v) is 5.17. The molecule has 0 amide bonds. The van der Waals surface area contributed by atoms with Crippen molar-refractivity contribution in [2.24, 2.45) is 0 Å². The van der Waals surface area contributed by atoms with Crippen molar-refractivity contribution in [3.8, 4) is 23.0 Å². The van der Waals surface area contributed by atoms with E-state index in [1.807, 2.05) is 0 Å². The van der Waals surface area contributed by atoms with E-state index in [0.29, 0.717) is 46.4 Å². The van der Waals surface area contributed by atoms with E-state index in [1.165, 1.54) is 30.6 Å². The van der Waals surface area contributed by atoms with Crippen LogP contribution in [0.1, 0.15) is 16.2 Å². The number of aliphatic hydroxyl groups is 1. The number of rotatable bonds is 10. The zero-order chi connectivity index (χ0) is 29.1. The number of aldehydes is 1. The number of aliphatic hydroxyl groups excluding tert-OH is 1. The second kappa shape index (κ2) is 13.8. The van der Waals surface area contributed by atoms with Gasteiger partial charge in [0.05, 0.1) is 34.3 Å². The standard InChI is InChI=1S/C13H13N3O4.C13H11N3O4/c2*1-14-12-3-2-10(7-13(12)16(18)19)20-11-4-5-15-9(6-11)8-17/h2-7,14,17H,8H2,1H3;2-8,14H,1H3. The van der Waals surface area contributed by atoms with Gasteiger partial charge in [-0.05, 0) is 36.4 Å². The van der Waals surface area contributed by atoms with Gasteiger partial charge in [-0.1, -0.05) is 0 Å². The highest BCUT2D eigenvalue weighted by Crippen LogP contribution is 2.32. The van der Waals surface area contributed by atoms with Crippen LogP contribution in [0.3, 0.4) is 0 Å². The number of carbonyl (C=O) groups is 1. The molecular weight excluding hydrogens is 524 g/mol. The highest BCUT2D eigenvalue weighted by atomic mass is 16.6. The van der Waals surface area contributed by atoms with Gasteiger partial charge in [-0.2, -0.15) is 0 Å². The van der Waals surface area contributed by atoms with Crippen molar-refractivity contribution in [3.05, 3.63) is 105 Å². The first-order valence-corrected chi connectivity index (χ1v) is 11.5. The number of nitro benzene ring substituents is 2. The Bertz CT molecular complexity index is 1510. The van der Waals surface area contributed by atoms with Gasteiger partial charge in [0.15, 0.2) is 6.29 Å². The van der Waals surface area contributed by atoms with E-state index in [1.54, 1.807) is 56.6 Å². The normalized spacial score (nSPS) is 9.97. The Morgan fingerprint density at radius 1 is 0.775 bits per heavy atom. The first-order chi connectivity index (χ1) is 19.3. The molecule has 2 aromatic heterocycles. The number of hydrogen-bond donors (Lipinski definition) is 3. The Balaban J connectivity index is 0.000000220. The predicted molar refractivity (Wildman–Crippen MR) is 145 cm³/mol.